The first kappa shape index (κ1) is 11.8. The van der Waals surface area contributed by atoms with E-state index in [4.69, 9.17) is 25.8 Å². The molecule has 1 aliphatic rings. The molecule has 1 aromatic heterocycles. The Kier molecular flexibility index (Phi) is 2.96. The van der Waals surface area contributed by atoms with E-state index in [2.05, 4.69) is 20.3 Å². The van der Waals surface area contributed by atoms with Gasteiger partial charge in [-0.2, -0.15) is 15.0 Å². The highest BCUT2D eigenvalue weighted by Gasteiger charge is 2.14. The Balaban J connectivity index is 1.86. The summed E-state index contributed by atoms with van der Waals surface area (Å²) in [4.78, 5) is 11.8. The van der Waals surface area contributed by atoms with Crippen LogP contribution in [0.4, 0.5) is 11.6 Å². The predicted molar refractivity (Wildman–Crippen MR) is 67.2 cm³/mol. The third-order valence-electron chi connectivity index (χ3n) is 2.40. The van der Waals surface area contributed by atoms with Crippen molar-refractivity contribution < 1.29 is 14.2 Å². The topological polar surface area (TPSA) is 78.4 Å². The molecular formula is C11H9ClN4O3. The van der Waals surface area contributed by atoms with Gasteiger partial charge in [0.25, 0.3) is 0 Å². The Bertz CT molecular complexity index is 623. The highest BCUT2D eigenvalue weighted by molar-refractivity contribution is 6.28. The van der Waals surface area contributed by atoms with E-state index in [1.165, 1.54) is 7.11 Å². The van der Waals surface area contributed by atoms with Crippen molar-refractivity contribution >= 4 is 23.2 Å². The van der Waals surface area contributed by atoms with Gasteiger partial charge in [0, 0.05) is 11.8 Å². The van der Waals surface area contributed by atoms with E-state index in [1.807, 2.05) is 6.07 Å². The van der Waals surface area contributed by atoms with Crippen LogP contribution in [0.2, 0.25) is 5.28 Å². The van der Waals surface area contributed by atoms with Crippen molar-refractivity contribution in [3.63, 3.8) is 0 Å². The minimum absolute atomic E-state index is 0.0510. The molecule has 0 saturated heterocycles. The highest BCUT2D eigenvalue weighted by atomic mass is 35.5. The highest BCUT2D eigenvalue weighted by Crippen LogP contribution is 2.34. The molecule has 0 atom stereocenters. The molecule has 1 N–H and O–H groups in total. The summed E-state index contributed by atoms with van der Waals surface area (Å²) in [6.07, 6.45) is 0. The van der Waals surface area contributed by atoms with Crippen molar-refractivity contribution in [1.29, 1.82) is 0 Å². The number of methoxy groups -OCH3 is 1. The fraction of sp³-hybridized carbons (Fsp3) is 0.182. The molecule has 2 aromatic rings. The third kappa shape index (κ3) is 2.45. The third-order valence-corrected chi connectivity index (χ3v) is 2.57. The van der Waals surface area contributed by atoms with Gasteiger partial charge >= 0.3 is 6.01 Å². The van der Waals surface area contributed by atoms with E-state index < -0.39 is 0 Å². The zero-order chi connectivity index (χ0) is 13.2. The Morgan fingerprint density at radius 2 is 2.05 bits per heavy atom. The van der Waals surface area contributed by atoms with Gasteiger partial charge in [-0.25, -0.2) is 0 Å². The van der Waals surface area contributed by atoms with Gasteiger partial charge in [0.05, 0.1) is 7.11 Å². The minimum atomic E-state index is 0.0510. The van der Waals surface area contributed by atoms with E-state index in [0.29, 0.717) is 11.5 Å². The van der Waals surface area contributed by atoms with Gasteiger partial charge in [0.15, 0.2) is 11.5 Å². The van der Waals surface area contributed by atoms with Crippen LogP contribution < -0.4 is 19.5 Å². The molecular weight excluding hydrogens is 272 g/mol. The number of aromatic nitrogens is 3. The summed E-state index contributed by atoms with van der Waals surface area (Å²) < 4.78 is 15.4. The number of benzene rings is 1. The van der Waals surface area contributed by atoms with Crippen molar-refractivity contribution in [3.8, 4) is 17.5 Å². The van der Waals surface area contributed by atoms with Gasteiger partial charge < -0.3 is 19.5 Å². The van der Waals surface area contributed by atoms with Crippen LogP contribution in [0.25, 0.3) is 0 Å². The van der Waals surface area contributed by atoms with Crippen molar-refractivity contribution in [1.82, 2.24) is 15.0 Å². The lowest BCUT2D eigenvalue weighted by Crippen LogP contribution is -2.01. The van der Waals surface area contributed by atoms with Gasteiger partial charge in [0.1, 0.15) is 0 Å². The van der Waals surface area contributed by atoms with Crippen LogP contribution in [0, 0.1) is 0 Å². The Morgan fingerprint density at radius 3 is 2.89 bits per heavy atom. The van der Waals surface area contributed by atoms with Crippen LogP contribution in [0.15, 0.2) is 18.2 Å². The molecule has 3 rings (SSSR count). The lowest BCUT2D eigenvalue weighted by molar-refractivity contribution is 0.174. The number of ether oxygens (including phenoxy) is 3. The molecule has 19 heavy (non-hydrogen) atoms. The van der Waals surface area contributed by atoms with Crippen molar-refractivity contribution in [2.75, 3.05) is 19.2 Å². The Morgan fingerprint density at radius 1 is 1.21 bits per heavy atom. The first-order chi connectivity index (χ1) is 9.24. The molecule has 1 aromatic carbocycles. The normalized spacial score (nSPS) is 12.3. The van der Waals surface area contributed by atoms with Crippen molar-refractivity contribution in [2.45, 2.75) is 0 Å². The van der Waals surface area contributed by atoms with Gasteiger partial charge in [-0.3, -0.25) is 0 Å². The molecule has 0 spiro atoms. The van der Waals surface area contributed by atoms with E-state index in [1.54, 1.807) is 12.1 Å². The molecule has 1 aliphatic heterocycles. The van der Waals surface area contributed by atoms with Gasteiger partial charge in [0.2, 0.25) is 18.0 Å². The lowest BCUT2D eigenvalue weighted by atomic mass is 10.3. The standard InChI is InChI=1S/C11H9ClN4O3/c1-17-11-15-9(12)14-10(16-11)13-6-2-3-7-8(4-6)19-5-18-7/h2-4H,5H2,1H3,(H,13,14,15,16). The number of anilines is 2. The molecule has 0 bridgehead atoms. The number of nitrogens with one attached hydrogen (secondary N) is 1. The maximum Gasteiger partial charge on any atom is 0.322 e. The number of hydrogen-bond donors (Lipinski definition) is 1. The SMILES string of the molecule is COc1nc(Cl)nc(Nc2ccc3c(c2)OCO3)n1. The predicted octanol–water partition coefficient (Wildman–Crippen LogP) is 2.01. The molecule has 0 unspecified atom stereocenters. The number of halogens is 1. The Labute approximate surface area is 113 Å². The van der Waals surface area contributed by atoms with Gasteiger partial charge in [-0.1, -0.05) is 0 Å². The van der Waals surface area contributed by atoms with E-state index in [9.17, 15) is 0 Å². The maximum atomic E-state index is 5.76. The molecule has 0 aliphatic carbocycles. The summed E-state index contributed by atoms with van der Waals surface area (Å²) in [6, 6.07) is 5.54. The molecule has 8 heteroatoms. The number of hydrogen-bond acceptors (Lipinski definition) is 7. The van der Waals surface area contributed by atoms with Crippen molar-refractivity contribution in [3.05, 3.63) is 23.5 Å². The molecule has 0 saturated carbocycles. The minimum Gasteiger partial charge on any atom is -0.467 e. The number of nitrogens with zero attached hydrogens (tertiary/aromatic N) is 3. The first-order valence-electron chi connectivity index (χ1n) is 5.37. The summed E-state index contributed by atoms with van der Waals surface area (Å²) in [6.45, 7) is 0.226. The quantitative estimate of drug-likeness (QED) is 0.921. The molecule has 7 nitrogen and oxygen atoms in total. The average molecular weight is 281 g/mol. The fourth-order valence-corrected chi connectivity index (χ4v) is 1.73. The van der Waals surface area contributed by atoms with Crippen LogP contribution in [0.5, 0.6) is 17.5 Å². The molecule has 0 radical (unpaired) electrons. The fourth-order valence-electron chi connectivity index (χ4n) is 1.58. The second-order valence-corrected chi connectivity index (χ2v) is 3.95. The first-order valence-corrected chi connectivity index (χ1v) is 5.74. The summed E-state index contributed by atoms with van der Waals surface area (Å²) in [7, 11) is 1.45. The summed E-state index contributed by atoms with van der Waals surface area (Å²) in [5.74, 6) is 1.66. The van der Waals surface area contributed by atoms with Crippen LogP contribution in [-0.2, 0) is 0 Å². The molecule has 0 fully saturated rings. The zero-order valence-corrected chi connectivity index (χ0v) is 10.6. The van der Waals surface area contributed by atoms with E-state index in [0.717, 1.165) is 5.69 Å². The van der Waals surface area contributed by atoms with Gasteiger partial charge in [-0.05, 0) is 23.7 Å². The van der Waals surface area contributed by atoms with Crippen molar-refractivity contribution in [2.24, 2.45) is 0 Å². The monoisotopic (exact) mass is 280 g/mol. The number of fused-ring (bicyclic) bond motifs is 1. The van der Waals surface area contributed by atoms with E-state index >= 15 is 0 Å². The average Bonchev–Trinajstić information content (AvgIpc) is 2.85. The molecule has 0 amide bonds. The zero-order valence-electron chi connectivity index (χ0n) is 9.88. The van der Waals surface area contributed by atoms with Crippen LogP contribution in [0.3, 0.4) is 0 Å². The second kappa shape index (κ2) is 4.77. The molecule has 2 heterocycles. The maximum absolute atomic E-state index is 5.76. The summed E-state index contributed by atoms with van der Waals surface area (Å²) in [5, 5.41) is 3.04. The smallest absolute Gasteiger partial charge is 0.322 e. The molecule has 98 valence electrons. The van der Waals surface area contributed by atoms with Crippen LogP contribution >= 0.6 is 11.6 Å². The van der Waals surface area contributed by atoms with E-state index in [-0.39, 0.29) is 24.0 Å². The Hall–Kier alpha value is -2.28. The summed E-state index contributed by atoms with van der Waals surface area (Å²) >= 11 is 5.76. The largest absolute Gasteiger partial charge is 0.467 e. The lowest BCUT2D eigenvalue weighted by Gasteiger charge is -2.06. The van der Waals surface area contributed by atoms with Gasteiger partial charge in [-0.15, -0.1) is 0 Å². The van der Waals surface area contributed by atoms with Crippen LogP contribution in [0.1, 0.15) is 0 Å². The van der Waals surface area contributed by atoms with Crippen LogP contribution in [-0.4, -0.2) is 28.9 Å². The summed E-state index contributed by atoms with van der Waals surface area (Å²) in [5.41, 5.74) is 0.744. The second-order valence-electron chi connectivity index (χ2n) is 3.61. The number of rotatable bonds is 3.